The summed E-state index contributed by atoms with van der Waals surface area (Å²) in [4.78, 5) is 6.34. The van der Waals surface area contributed by atoms with Crippen LogP contribution in [-0.2, 0) is 11.2 Å². The molecule has 2 heterocycles. The Morgan fingerprint density at radius 2 is 2.31 bits per heavy atom. The lowest BCUT2D eigenvalue weighted by Gasteiger charge is -2.27. The number of hydrogen-bond donors (Lipinski definition) is 2. The number of rotatable bonds is 4. The number of H-pyrrole nitrogens is 1. The summed E-state index contributed by atoms with van der Waals surface area (Å²) in [5.41, 5.74) is 1.15. The van der Waals surface area contributed by atoms with Gasteiger partial charge in [0.2, 0.25) is 0 Å². The van der Waals surface area contributed by atoms with Crippen LogP contribution < -0.4 is 5.32 Å². The van der Waals surface area contributed by atoms with E-state index in [4.69, 9.17) is 17.0 Å². The van der Waals surface area contributed by atoms with E-state index in [9.17, 15) is 0 Å². The quantitative estimate of drug-likeness (QED) is 0.761. The zero-order valence-corrected chi connectivity index (χ0v) is 10.1. The van der Waals surface area contributed by atoms with Crippen LogP contribution in [0.15, 0.2) is 18.3 Å². The van der Waals surface area contributed by atoms with E-state index in [1.807, 2.05) is 18.3 Å². The van der Waals surface area contributed by atoms with Gasteiger partial charge in [-0.3, -0.25) is 4.90 Å². The summed E-state index contributed by atoms with van der Waals surface area (Å²) in [6, 6.07) is 4.03. The van der Waals surface area contributed by atoms with Crippen LogP contribution in [0.25, 0.3) is 0 Å². The number of ether oxygens (including phenoxy) is 1. The molecule has 0 aliphatic carbocycles. The molecule has 0 bridgehead atoms. The van der Waals surface area contributed by atoms with Gasteiger partial charge < -0.3 is 15.0 Å². The van der Waals surface area contributed by atoms with Gasteiger partial charge in [0.15, 0.2) is 0 Å². The van der Waals surface area contributed by atoms with E-state index < -0.39 is 0 Å². The van der Waals surface area contributed by atoms with Crippen LogP contribution in [0, 0.1) is 0 Å². The van der Waals surface area contributed by atoms with E-state index in [0.29, 0.717) is 0 Å². The zero-order chi connectivity index (χ0) is 11.2. The molecule has 4 nitrogen and oxygen atoms in total. The predicted molar refractivity (Wildman–Crippen MR) is 67.5 cm³/mol. The molecule has 1 aliphatic rings. The van der Waals surface area contributed by atoms with Crippen molar-refractivity contribution in [2.45, 2.75) is 6.42 Å². The van der Waals surface area contributed by atoms with Crippen LogP contribution in [0.2, 0.25) is 0 Å². The third-order valence-electron chi connectivity index (χ3n) is 2.62. The van der Waals surface area contributed by atoms with Gasteiger partial charge in [-0.15, -0.1) is 0 Å². The molecule has 0 aromatic carbocycles. The lowest BCUT2D eigenvalue weighted by molar-refractivity contribution is 0.0367. The minimum Gasteiger partial charge on any atom is -0.379 e. The fourth-order valence-electron chi connectivity index (χ4n) is 1.67. The Balaban J connectivity index is 1.67. The maximum atomic E-state index is 5.28. The molecule has 88 valence electrons. The summed E-state index contributed by atoms with van der Waals surface area (Å²) in [6.45, 7) is 4.44. The second kappa shape index (κ2) is 5.98. The molecule has 2 N–H and O–H groups in total. The van der Waals surface area contributed by atoms with Crippen molar-refractivity contribution in [3.05, 3.63) is 24.0 Å². The molecule has 0 amide bonds. The standard InChI is InChI=1S/C11H17N3OS/c16-11(8-10-2-1-3-12-10)13-9-14-4-6-15-7-5-14/h1-3,12H,4-9H2,(H,13,16). The SMILES string of the molecule is S=C(Cc1ccc[nH]1)NCN1CCOCC1. The van der Waals surface area contributed by atoms with Crippen molar-refractivity contribution in [2.24, 2.45) is 0 Å². The molecular formula is C11H17N3OS. The number of thiocarbonyl (C=S) groups is 1. The number of nitrogens with zero attached hydrogens (tertiary/aromatic N) is 1. The molecule has 0 unspecified atom stereocenters. The van der Waals surface area contributed by atoms with Crippen molar-refractivity contribution in [2.75, 3.05) is 33.0 Å². The highest BCUT2D eigenvalue weighted by atomic mass is 32.1. The van der Waals surface area contributed by atoms with E-state index in [-0.39, 0.29) is 0 Å². The van der Waals surface area contributed by atoms with Crippen LogP contribution in [-0.4, -0.2) is 47.8 Å². The highest BCUT2D eigenvalue weighted by molar-refractivity contribution is 7.80. The second-order valence-electron chi connectivity index (χ2n) is 3.86. The average molecular weight is 239 g/mol. The van der Waals surface area contributed by atoms with Gasteiger partial charge in [-0.1, -0.05) is 12.2 Å². The van der Waals surface area contributed by atoms with Gasteiger partial charge in [0.1, 0.15) is 0 Å². The van der Waals surface area contributed by atoms with Gasteiger partial charge in [0, 0.05) is 31.4 Å². The van der Waals surface area contributed by atoms with Crippen LogP contribution in [0.5, 0.6) is 0 Å². The Hall–Kier alpha value is -0.910. The molecule has 16 heavy (non-hydrogen) atoms. The fourth-order valence-corrected chi connectivity index (χ4v) is 1.89. The number of nitrogens with one attached hydrogen (secondary N) is 2. The van der Waals surface area contributed by atoms with Crippen LogP contribution in [0.1, 0.15) is 5.69 Å². The first-order chi connectivity index (χ1) is 7.84. The topological polar surface area (TPSA) is 40.3 Å². The van der Waals surface area contributed by atoms with Gasteiger partial charge in [0.25, 0.3) is 0 Å². The predicted octanol–water partition coefficient (Wildman–Crippen LogP) is 0.764. The molecule has 1 aromatic rings. The van der Waals surface area contributed by atoms with Gasteiger partial charge in [-0.2, -0.15) is 0 Å². The molecular weight excluding hydrogens is 222 g/mol. The molecule has 0 radical (unpaired) electrons. The number of aromatic amines is 1. The number of aromatic nitrogens is 1. The van der Waals surface area contributed by atoms with Gasteiger partial charge in [0.05, 0.1) is 24.9 Å². The Kier molecular flexibility index (Phi) is 4.33. The first-order valence-electron chi connectivity index (χ1n) is 5.53. The van der Waals surface area contributed by atoms with Crippen molar-refractivity contribution in [1.82, 2.24) is 15.2 Å². The molecule has 0 saturated carbocycles. The van der Waals surface area contributed by atoms with E-state index in [1.165, 1.54) is 0 Å². The van der Waals surface area contributed by atoms with E-state index in [2.05, 4.69) is 15.2 Å². The largest absolute Gasteiger partial charge is 0.379 e. The Morgan fingerprint density at radius 1 is 1.50 bits per heavy atom. The van der Waals surface area contributed by atoms with Gasteiger partial charge in [-0.25, -0.2) is 0 Å². The minimum atomic E-state index is 0.784. The lowest BCUT2D eigenvalue weighted by Crippen LogP contribution is -2.43. The van der Waals surface area contributed by atoms with Crippen molar-refractivity contribution in [3.63, 3.8) is 0 Å². The first-order valence-corrected chi connectivity index (χ1v) is 5.94. The highest BCUT2D eigenvalue weighted by Gasteiger charge is 2.09. The summed E-state index contributed by atoms with van der Waals surface area (Å²) in [5, 5.41) is 3.27. The third kappa shape index (κ3) is 3.59. The average Bonchev–Trinajstić information content (AvgIpc) is 2.81. The van der Waals surface area contributed by atoms with Gasteiger partial charge >= 0.3 is 0 Å². The third-order valence-corrected chi connectivity index (χ3v) is 2.91. The van der Waals surface area contributed by atoms with Crippen molar-refractivity contribution < 1.29 is 4.74 Å². The first kappa shape index (κ1) is 11.6. The molecule has 2 rings (SSSR count). The second-order valence-corrected chi connectivity index (χ2v) is 4.35. The minimum absolute atomic E-state index is 0.784. The molecule has 1 saturated heterocycles. The number of hydrogen-bond acceptors (Lipinski definition) is 3. The maximum absolute atomic E-state index is 5.28. The normalized spacial score (nSPS) is 17.2. The smallest absolute Gasteiger partial charge is 0.0822 e. The van der Waals surface area contributed by atoms with Crippen LogP contribution in [0.3, 0.4) is 0 Å². The zero-order valence-electron chi connectivity index (χ0n) is 9.24. The summed E-state index contributed by atoms with van der Waals surface area (Å²) < 4.78 is 5.28. The molecule has 1 aromatic heterocycles. The Labute approximate surface area is 101 Å². The summed E-state index contributed by atoms with van der Waals surface area (Å²) >= 11 is 5.28. The molecule has 0 spiro atoms. The van der Waals surface area contributed by atoms with E-state index in [1.54, 1.807) is 0 Å². The summed E-state index contributed by atoms with van der Waals surface area (Å²) in [5.74, 6) is 0. The Bertz CT molecular complexity index is 320. The Morgan fingerprint density at radius 3 is 3.00 bits per heavy atom. The van der Waals surface area contributed by atoms with E-state index >= 15 is 0 Å². The van der Waals surface area contributed by atoms with Crippen molar-refractivity contribution in [1.29, 1.82) is 0 Å². The van der Waals surface area contributed by atoms with Crippen LogP contribution in [0.4, 0.5) is 0 Å². The summed E-state index contributed by atoms with van der Waals surface area (Å²) in [7, 11) is 0. The molecule has 0 atom stereocenters. The highest BCUT2D eigenvalue weighted by Crippen LogP contribution is 1.98. The summed E-state index contributed by atoms with van der Waals surface area (Å²) in [6.07, 6.45) is 2.70. The van der Waals surface area contributed by atoms with Gasteiger partial charge in [-0.05, 0) is 12.1 Å². The monoisotopic (exact) mass is 239 g/mol. The van der Waals surface area contributed by atoms with E-state index in [0.717, 1.165) is 50.1 Å². The lowest BCUT2D eigenvalue weighted by atomic mass is 10.3. The molecule has 1 aliphatic heterocycles. The molecule has 5 heteroatoms. The fraction of sp³-hybridized carbons (Fsp3) is 0.545. The maximum Gasteiger partial charge on any atom is 0.0822 e. The van der Waals surface area contributed by atoms with Crippen LogP contribution >= 0.6 is 12.2 Å². The van der Waals surface area contributed by atoms with Crippen molar-refractivity contribution in [3.8, 4) is 0 Å². The molecule has 1 fully saturated rings. The number of morpholine rings is 1. The van der Waals surface area contributed by atoms with Crippen molar-refractivity contribution >= 4 is 17.2 Å².